The van der Waals surface area contributed by atoms with Crippen LogP contribution in [-0.4, -0.2) is 50.7 Å². The Kier molecular flexibility index (Phi) is 7.32. The molecule has 5 N–H and O–H groups in total. The number of carbonyl (C=O) groups excluding carboxylic acids is 1. The molecule has 2 aromatic carbocycles. The van der Waals surface area contributed by atoms with Gasteiger partial charge >= 0.3 is 0 Å². The molecule has 1 aliphatic carbocycles. The number of rotatable bonds is 7. The zero-order valence-electron chi connectivity index (χ0n) is 24.5. The lowest BCUT2D eigenvalue weighted by molar-refractivity contribution is -0.119. The lowest BCUT2D eigenvalue weighted by Crippen LogP contribution is -2.20. The topological polar surface area (TPSA) is 172 Å². The van der Waals surface area contributed by atoms with Crippen LogP contribution in [0.2, 0.25) is 0 Å². The van der Waals surface area contributed by atoms with Crippen molar-refractivity contribution in [1.82, 2.24) is 30.1 Å². The number of hydrogen-bond donors (Lipinski definition) is 4. The van der Waals surface area contributed by atoms with Gasteiger partial charge in [0.1, 0.15) is 28.2 Å². The summed E-state index contributed by atoms with van der Waals surface area (Å²) in [6, 6.07) is 10.1. The molecule has 4 heterocycles. The average Bonchev–Trinajstić information content (AvgIpc) is 3.79. The molecule has 0 spiro atoms. The van der Waals surface area contributed by atoms with Crippen LogP contribution in [0.5, 0.6) is 0 Å². The summed E-state index contributed by atoms with van der Waals surface area (Å²) in [6.45, 7) is 0. The van der Waals surface area contributed by atoms with E-state index in [0.717, 1.165) is 38.0 Å². The molecule has 11 nitrogen and oxygen atoms in total. The summed E-state index contributed by atoms with van der Waals surface area (Å²) in [4.78, 5) is 29.2. The number of amides is 1. The van der Waals surface area contributed by atoms with Gasteiger partial charge in [-0.1, -0.05) is 12.8 Å². The van der Waals surface area contributed by atoms with Crippen LogP contribution in [0.15, 0.2) is 61.1 Å². The zero-order chi connectivity index (χ0) is 32.2. The second kappa shape index (κ2) is 11.4. The van der Waals surface area contributed by atoms with Crippen LogP contribution in [0.3, 0.4) is 0 Å². The van der Waals surface area contributed by atoms with Gasteiger partial charge in [0.25, 0.3) is 0 Å². The van der Waals surface area contributed by atoms with E-state index in [-0.39, 0.29) is 23.0 Å². The van der Waals surface area contributed by atoms with Gasteiger partial charge in [0, 0.05) is 52.7 Å². The predicted octanol–water partition coefficient (Wildman–Crippen LogP) is 5.64. The summed E-state index contributed by atoms with van der Waals surface area (Å²) >= 11 is 0. The first-order chi connectivity index (χ1) is 22.0. The third-order valence-corrected chi connectivity index (χ3v) is 9.50. The van der Waals surface area contributed by atoms with Crippen molar-refractivity contribution in [3.63, 3.8) is 0 Å². The fourth-order valence-corrected chi connectivity index (χ4v) is 6.58. The molecule has 14 heteroatoms. The van der Waals surface area contributed by atoms with E-state index in [1.807, 2.05) is 0 Å². The average molecular weight is 643 g/mol. The number of nitrogens with two attached hydrogens (primary N) is 1. The van der Waals surface area contributed by atoms with Crippen LogP contribution in [0, 0.1) is 17.6 Å². The summed E-state index contributed by atoms with van der Waals surface area (Å²) in [5, 5.41) is 9.31. The van der Waals surface area contributed by atoms with Crippen LogP contribution in [-0.2, 0) is 14.6 Å². The fraction of sp³-hybridized carbons (Fsp3) is 0.219. The van der Waals surface area contributed by atoms with E-state index in [1.54, 1.807) is 18.2 Å². The van der Waals surface area contributed by atoms with Crippen molar-refractivity contribution in [2.45, 2.75) is 31.1 Å². The largest absolute Gasteiger partial charge is 0.336 e. The summed E-state index contributed by atoms with van der Waals surface area (Å²) in [7, 11) is -3.69. The number of aromatic nitrogens is 6. The number of nitrogens with one attached hydrogen (secondary N) is 3. The lowest BCUT2D eigenvalue weighted by atomic mass is 10.0. The minimum atomic E-state index is -3.69. The number of anilines is 1. The Morgan fingerprint density at radius 1 is 1.02 bits per heavy atom. The third-order valence-electron chi connectivity index (χ3n) is 8.30. The molecule has 1 amide bonds. The Hall–Kier alpha value is -5.08. The molecule has 1 unspecified atom stereocenters. The van der Waals surface area contributed by atoms with E-state index in [2.05, 4.69) is 30.5 Å². The Labute approximate surface area is 261 Å². The van der Waals surface area contributed by atoms with Gasteiger partial charge in [-0.15, -0.1) is 0 Å². The number of fused-ring (bicyclic) bond motifs is 2. The van der Waals surface area contributed by atoms with E-state index in [1.165, 1.54) is 36.8 Å². The van der Waals surface area contributed by atoms with Crippen LogP contribution >= 0.6 is 0 Å². The smallest absolute Gasteiger partial charge is 0.227 e. The molecule has 7 rings (SSSR count). The number of benzene rings is 2. The lowest BCUT2D eigenvalue weighted by Gasteiger charge is -2.12. The zero-order valence-corrected chi connectivity index (χ0v) is 25.3. The number of nitrogens with zero attached hydrogens (tertiary/aromatic N) is 4. The third kappa shape index (κ3) is 5.49. The van der Waals surface area contributed by atoms with Gasteiger partial charge in [0.2, 0.25) is 5.91 Å². The van der Waals surface area contributed by atoms with Gasteiger partial charge in [-0.05, 0) is 54.8 Å². The first kappa shape index (κ1) is 29.6. The number of aromatic amines is 2. The molecule has 6 aromatic rings. The van der Waals surface area contributed by atoms with E-state index in [0.29, 0.717) is 56.0 Å². The molecule has 46 heavy (non-hydrogen) atoms. The van der Waals surface area contributed by atoms with Gasteiger partial charge in [-0.3, -0.25) is 19.9 Å². The Morgan fingerprint density at radius 3 is 2.61 bits per heavy atom. The van der Waals surface area contributed by atoms with E-state index >= 15 is 4.39 Å². The summed E-state index contributed by atoms with van der Waals surface area (Å²) in [6.07, 6.45) is 9.33. The quantitative estimate of drug-likeness (QED) is 0.173. The van der Waals surface area contributed by atoms with Gasteiger partial charge < -0.3 is 16.0 Å². The number of pyridine rings is 2. The van der Waals surface area contributed by atoms with Gasteiger partial charge in [-0.25, -0.2) is 22.2 Å². The minimum absolute atomic E-state index is 0.0298. The molecule has 234 valence electrons. The minimum Gasteiger partial charge on any atom is -0.336 e. The van der Waals surface area contributed by atoms with E-state index < -0.39 is 26.8 Å². The van der Waals surface area contributed by atoms with Crippen molar-refractivity contribution in [1.29, 1.82) is 0 Å². The maximum atomic E-state index is 15.4. The molecular formula is C32H28F2N8O3S. The van der Waals surface area contributed by atoms with Crippen molar-refractivity contribution in [2.75, 3.05) is 11.6 Å². The highest BCUT2D eigenvalue weighted by molar-refractivity contribution is 7.90. The summed E-state index contributed by atoms with van der Waals surface area (Å²) < 4.78 is 54.2. The molecule has 1 fully saturated rings. The first-order valence-corrected chi connectivity index (χ1v) is 16.5. The van der Waals surface area contributed by atoms with Gasteiger partial charge in [-0.2, -0.15) is 5.10 Å². The highest BCUT2D eigenvalue weighted by Gasteiger charge is 2.24. The summed E-state index contributed by atoms with van der Waals surface area (Å²) in [5.74, 6) is -0.929. The number of carbonyl (C=O) groups is 1. The van der Waals surface area contributed by atoms with Crippen molar-refractivity contribution in [3.05, 3.63) is 78.3 Å². The SMILES string of the molecule is CS(=O)(=O)C(N)c1cc(F)cc(-c2nccc3[nH]c(-c4n[nH]c5cc(F)c(-c6cncc(NC(=O)C7CCCC7)c6)cc45)nc23)c1. The second-order valence-electron chi connectivity index (χ2n) is 11.5. The van der Waals surface area contributed by atoms with Crippen molar-refractivity contribution >= 4 is 43.4 Å². The second-order valence-corrected chi connectivity index (χ2v) is 13.7. The molecule has 0 aliphatic heterocycles. The van der Waals surface area contributed by atoms with Crippen molar-refractivity contribution in [3.8, 4) is 33.9 Å². The Bertz CT molecular complexity index is 2260. The fourth-order valence-electron chi connectivity index (χ4n) is 5.95. The van der Waals surface area contributed by atoms with Gasteiger partial charge in [0.15, 0.2) is 15.7 Å². The highest BCUT2D eigenvalue weighted by Crippen LogP contribution is 2.35. The van der Waals surface area contributed by atoms with Gasteiger partial charge in [0.05, 0.1) is 28.6 Å². The Morgan fingerprint density at radius 2 is 1.83 bits per heavy atom. The predicted molar refractivity (Wildman–Crippen MR) is 170 cm³/mol. The normalized spacial score (nSPS) is 14.7. The Balaban J connectivity index is 1.27. The standard InChI is InChI=1S/C32H28F2N8O3S/c1-46(44,45)30(35)18-8-17(9-20(33)10-18)27-29-25(6-7-37-27)39-31(40-29)28-23-12-22(24(34)13-26(23)41-42-28)19-11-21(15-36-14-19)38-32(43)16-4-2-3-5-16/h6-16,30H,2-5,35H2,1H3,(H,38,43)(H,39,40)(H,41,42). The number of halogens is 2. The van der Waals surface area contributed by atoms with E-state index in [4.69, 9.17) is 10.7 Å². The molecule has 4 aromatic heterocycles. The van der Waals surface area contributed by atoms with Crippen molar-refractivity contribution in [2.24, 2.45) is 11.7 Å². The number of imidazole rings is 1. The number of H-pyrrole nitrogens is 2. The van der Waals surface area contributed by atoms with Crippen LogP contribution in [0.25, 0.3) is 55.8 Å². The molecule has 1 aliphatic rings. The number of sulfone groups is 1. The number of hydrogen-bond acceptors (Lipinski definition) is 8. The van der Waals surface area contributed by atoms with Crippen LogP contribution in [0.1, 0.15) is 36.6 Å². The van der Waals surface area contributed by atoms with E-state index in [9.17, 15) is 17.6 Å². The molecule has 0 radical (unpaired) electrons. The molecule has 1 saturated carbocycles. The molecule has 1 atom stereocenters. The molecule has 0 saturated heterocycles. The molecular weight excluding hydrogens is 614 g/mol. The maximum Gasteiger partial charge on any atom is 0.227 e. The van der Waals surface area contributed by atoms with Crippen molar-refractivity contribution < 1.29 is 22.0 Å². The highest BCUT2D eigenvalue weighted by atomic mass is 32.2. The summed E-state index contributed by atoms with van der Waals surface area (Å²) in [5.41, 5.74) is 9.55. The van der Waals surface area contributed by atoms with Crippen LogP contribution < -0.4 is 11.1 Å². The first-order valence-electron chi connectivity index (χ1n) is 14.6. The maximum absolute atomic E-state index is 15.4. The van der Waals surface area contributed by atoms with Crippen LogP contribution in [0.4, 0.5) is 14.5 Å². The monoisotopic (exact) mass is 642 g/mol. The molecule has 0 bridgehead atoms.